The first-order valence-corrected chi connectivity index (χ1v) is 9.79. The van der Waals surface area contributed by atoms with Gasteiger partial charge in [0.15, 0.2) is 6.61 Å². The van der Waals surface area contributed by atoms with Crippen LogP contribution in [0.2, 0.25) is 0 Å². The van der Waals surface area contributed by atoms with Crippen LogP contribution < -0.4 is 0 Å². The monoisotopic (exact) mass is 381 g/mol. The fourth-order valence-corrected chi connectivity index (χ4v) is 4.24. The molecule has 2 aromatic rings. The molecule has 0 saturated carbocycles. The summed E-state index contributed by atoms with van der Waals surface area (Å²) < 4.78 is 10.7. The molecule has 25 heavy (non-hydrogen) atoms. The van der Waals surface area contributed by atoms with Crippen molar-refractivity contribution in [3.05, 3.63) is 17.8 Å². The van der Waals surface area contributed by atoms with Crippen molar-refractivity contribution in [3.8, 4) is 0 Å². The Morgan fingerprint density at radius 1 is 1.36 bits per heavy atom. The molecular formula is C16H19N3O4S2. The molecule has 0 aromatic carbocycles. The fraction of sp³-hybridized carbons (Fsp3) is 0.500. The van der Waals surface area contributed by atoms with Crippen LogP contribution in [0, 0.1) is 0 Å². The highest BCUT2D eigenvalue weighted by atomic mass is 32.2. The molecule has 2 atom stereocenters. The molecule has 3 rings (SSSR count). The number of carbonyl (C=O) groups excluding carboxylic acids is 2. The van der Waals surface area contributed by atoms with E-state index < -0.39 is 5.97 Å². The number of hydrogen-bond donors (Lipinski definition) is 0. The average Bonchev–Trinajstić information content (AvgIpc) is 3.06. The number of morpholine rings is 1. The predicted octanol–water partition coefficient (Wildman–Crippen LogP) is 1.96. The van der Waals surface area contributed by atoms with Crippen LogP contribution in [0.5, 0.6) is 0 Å². The molecule has 0 unspecified atom stereocenters. The molecule has 0 N–H and O–H groups in total. The Kier molecular flexibility index (Phi) is 5.87. The van der Waals surface area contributed by atoms with E-state index in [1.54, 1.807) is 4.90 Å². The van der Waals surface area contributed by atoms with E-state index in [4.69, 9.17) is 9.47 Å². The number of rotatable bonds is 5. The molecule has 9 heteroatoms. The standard InChI is InChI=1S/C16H19N3O4S2/c1-10-5-19(6-11(2)23-10)13(20)7-22-14(21)8-25-16-12-3-4-24-15(12)17-9-18-16/h3-4,9-11H,5-8H2,1-2H3/t10-,11-/m0/s1. The molecule has 3 heterocycles. The maximum absolute atomic E-state index is 12.2. The summed E-state index contributed by atoms with van der Waals surface area (Å²) in [5, 5.41) is 3.60. The summed E-state index contributed by atoms with van der Waals surface area (Å²) in [6.45, 7) is 4.65. The summed E-state index contributed by atoms with van der Waals surface area (Å²) in [7, 11) is 0. The summed E-state index contributed by atoms with van der Waals surface area (Å²) >= 11 is 2.81. The smallest absolute Gasteiger partial charge is 0.316 e. The number of amides is 1. The van der Waals surface area contributed by atoms with Crippen LogP contribution in [-0.2, 0) is 19.1 Å². The van der Waals surface area contributed by atoms with Gasteiger partial charge < -0.3 is 14.4 Å². The number of thiophene rings is 1. The third-order valence-electron chi connectivity index (χ3n) is 3.68. The van der Waals surface area contributed by atoms with Gasteiger partial charge in [-0.25, -0.2) is 9.97 Å². The number of hydrogen-bond acceptors (Lipinski definition) is 8. The molecule has 0 bridgehead atoms. The van der Waals surface area contributed by atoms with E-state index in [-0.39, 0.29) is 30.5 Å². The highest BCUT2D eigenvalue weighted by molar-refractivity contribution is 8.00. The molecule has 7 nitrogen and oxygen atoms in total. The van der Waals surface area contributed by atoms with Crippen molar-refractivity contribution < 1.29 is 19.1 Å². The van der Waals surface area contributed by atoms with Crippen molar-refractivity contribution >= 4 is 45.2 Å². The number of thioether (sulfide) groups is 1. The molecule has 0 spiro atoms. The second kappa shape index (κ2) is 8.11. The maximum atomic E-state index is 12.2. The van der Waals surface area contributed by atoms with Gasteiger partial charge >= 0.3 is 5.97 Å². The zero-order chi connectivity index (χ0) is 17.8. The van der Waals surface area contributed by atoms with Crippen molar-refractivity contribution in [2.45, 2.75) is 31.1 Å². The van der Waals surface area contributed by atoms with Crippen molar-refractivity contribution in [1.29, 1.82) is 0 Å². The van der Waals surface area contributed by atoms with Crippen LogP contribution in [0.3, 0.4) is 0 Å². The van der Waals surface area contributed by atoms with E-state index in [2.05, 4.69) is 9.97 Å². The van der Waals surface area contributed by atoms with Crippen LogP contribution in [0.4, 0.5) is 0 Å². The van der Waals surface area contributed by atoms with Crippen LogP contribution in [0.25, 0.3) is 10.2 Å². The molecular weight excluding hydrogens is 362 g/mol. The normalized spacial score (nSPS) is 20.6. The van der Waals surface area contributed by atoms with Crippen LogP contribution in [0.15, 0.2) is 22.8 Å². The largest absolute Gasteiger partial charge is 0.455 e. The molecule has 1 fully saturated rings. The summed E-state index contributed by atoms with van der Waals surface area (Å²) in [5.41, 5.74) is 0. The minimum atomic E-state index is -0.435. The average molecular weight is 381 g/mol. The molecule has 1 aliphatic rings. The molecule has 1 amide bonds. The van der Waals surface area contributed by atoms with Gasteiger partial charge in [-0.1, -0.05) is 11.8 Å². The predicted molar refractivity (Wildman–Crippen MR) is 95.7 cm³/mol. The number of aromatic nitrogens is 2. The number of esters is 1. The number of nitrogens with zero attached hydrogens (tertiary/aromatic N) is 3. The van der Waals surface area contributed by atoms with E-state index in [0.717, 1.165) is 15.2 Å². The number of carbonyl (C=O) groups is 2. The minimum absolute atomic E-state index is 0.00950. The van der Waals surface area contributed by atoms with Crippen LogP contribution >= 0.6 is 23.1 Å². The third-order valence-corrected chi connectivity index (χ3v) is 5.48. The molecule has 0 radical (unpaired) electrons. The van der Waals surface area contributed by atoms with Crippen molar-refractivity contribution in [3.63, 3.8) is 0 Å². The Bertz CT molecular complexity index is 757. The van der Waals surface area contributed by atoms with Gasteiger partial charge in [-0.15, -0.1) is 11.3 Å². The summed E-state index contributed by atoms with van der Waals surface area (Å²) in [4.78, 5) is 35.0. The van der Waals surface area contributed by atoms with Crippen LogP contribution in [-0.4, -0.2) is 64.4 Å². The molecule has 0 aliphatic carbocycles. The van der Waals surface area contributed by atoms with E-state index in [9.17, 15) is 9.59 Å². The highest BCUT2D eigenvalue weighted by Gasteiger charge is 2.26. The number of fused-ring (bicyclic) bond motifs is 1. The second-order valence-electron chi connectivity index (χ2n) is 5.82. The fourth-order valence-electron chi connectivity index (χ4n) is 2.67. The Morgan fingerprint density at radius 3 is 2.88 bits per heavy atom. The maximum Gasteiger partial charge on any atom is 0.316 e. The third kappa shape index (κ3) is 4.68. The summed E-state index contributed by atoms with van der Waals surface area (Å²) in [6.07, 6.45) is 1.46. The Morgan fingerprint density at radius 2 is 2.12 bits per heavy atom. The Balaban J connectivity index is 1.46. The minimum Gasteiger partial charge on any atom is -0.455 e. The van der Waals surface area contributed by atoms with Gasteiger partial charge in [0.25, 0.3) is 5.91 Å². The van der Waals surface area contributed by atoms with E-state index in [1.165, 1.54) is 29.4 Å². The first-order chi connectivity index (χ1) is 12.0. The van der Waals surface area contributed by atoms with Gasteiger partial charge in [0.1, 0.15) is 16.2 Å². The number of ether oxygens (including phenoxy) is 2. The van der Waals surface area contributed by atoms with Crippen molar-refractivity contribution in [1.82, 2.24) is 14.9 Å². The van der Waals surface area contributed by atoms with Gasteiger partial charge in [0, 0.05) is 18.5 Å². The van der Waals surface area contributed by atoms with E-state index in [1.807, 2.05) is 25.3 Å². The second-order valence-corrected chi connectivity index (χ2v) is 7.68. The Labute approximate surface area is 153 Å². The van der Waals surface area contributed by atoms with Gasteiger partial charge in [-0.2, -0.15) is 0 Å². The first-order valence-electron chi connectivity index (χ1n) is 7.93. The SMILES string of the molecule is C[C@H]1CN(C(=O)COC(=O)CSc2ncnc3sccc23)C[C@H](C)O1. The van der Waals surface area contributed by atoms with Crippen LogP contribution in [0.1, 0.15) is 13.8 Å². The van der Waals surface area contributed by atoms with Crippen molar-refractivity contribution in [2.75, 3.05) is 25.4 Å². The molecule has 1 aliphatic heterocycles. The lowest BCUT2D eigenvalue weighted by atomic mass is 10.2. The topological polar surface area (TPSA) is 81.6 Å². The van der Waals surface area contributed by atoms with Gasteiger partial charge in [0.05, 0.1) is 18.0 Å². The molecule has 2 aromatic heterocycles. The molecule has 134 valence electrons. The Hall–Kier alpha value is -1.71. The summed E-state index contributed by atoms with van der Waals surface area (Å²) in [6, 6.07) is 1.93. The van der Waals surface area contributed by atoms with Gasteiger partial charge in [-0.05, 0) is 25.3 Å². The highest BCUT2D eigenvalue weighted by Crippen LogP contribution is 2.27. The van der Waals surface area contributed by atoms with Crippen molar-refractivity contribution in [2.24, 2.45) is 0 Å². The summed E-state index contributed by atoms with van der Waals surface area (Å²) in [5.74, 6) is -0.525. The zero-order valence-corrected chi connectivity index (χ0v) is 15.6. The van der Waals surface area contributed by atoms with E-state index in [0.29, 0.717) is 13.1 Å². The van der Waals surface area contributed by atoms with Gasteiger partial charge in [-0.3, -0.25) is 9.59 Å². The van der Waals surface area contributed by atoms with E-state index >= 15 is 0 Å². The first kappa shape index (κ1) is 18.1. The lowest BCUT2D eigenvalue weighted by Gasteiger charge is -2.35. The lowest BCUT2D eigenvalue weighted by molar-refractivity contribution is -0.155. The molecule has 1 saturated heterocycles. The lowest BCUT2D eigenvalue weighted by Crippen LogP contribution is -2.49. The van der Waals surface area contributed by atoms with Gasteiger partial charge in [0.2, 0.25) is 0 Å². The quantitative estimate of drug-likeness (QED) is 0.445. The zero-order valence-electron chi connectivity index (χ0n) is 14.0.